The van der Waals surface area contributed by atoms with Gasteiger partial charge in [-0.25, -0.2) is 0 Å². The maximum absolute atomic E-state index is 6.13. The van der Waals surface area contributed by atoms with Crippen molar-refractivity contribution in [3.63, 3.8) is 0 Å². The number of rotatable bonds is 2. The Hall–Kier alpha value is -1.06. The van der Waals surface area contributed by atoms with E-state index in [2.05, 4.69) is 29.2 Å². The molecule has 0 aromatic heterocycles. The molecular weight excluding hydrogens is 212 g/mol. The fourth-order valence-corrected chi connectivity index (χ4v) is 2.93. The predicted molar refractivity (Wildman–Crippen MR) is 69.3 cm³/mol. The van der Waals surface area contributed by atoms with Crippen LogP contribution in [-0.4, -0.2) is 31.8 Å². The zero-order valence-corrected chi connectivity index (χ0v) is 10.1. The molecule has 0 radical (unpaired) electrons. The molecule has 1 aromatic rings. The highest BCUT2D eigenvalue weighted by atomic mass is 16.5. The Labute approximate surface area is 103 Å². The van der Waals surface area contributed by atoms with Gasteiger partial charge in [0.2, 0.25) is 0 Å². The summed E-state index contributed by atoms with van der Waals surface area (Å²) in [4.78, 5) is 2.40. The lowest BCUT2D eigenvalue weighted by Gasteiger charge is -2.36. The van der Waals surface area contributed by atoms with Gasteiger partial charge in [-0.3, -0.25) is 0 Å². The molecule has 3 rings (SSSR count). The first-order chi connectivity index (χ1) is 8.33. The smallest absolute Gasteiger partial charge is 0.0750 e. The largest absolute Gasteiger partial charge is 0.376 e. The highest BCUT2D eigenvalue weighted by Gasteiger charge is 2.25. The highest BCUT2D eigenvalue weighted by molar-refractivity contribution is 5.56. The average Bonchev–Trinajstić information content (AvgIpc) is 2.81. The maximum atomic E-state index is 6.13. The van der Waals surface area contributed by atoms with Crippen molar-refractivity contribution in [2.75, 3.05) is 24.6 Å². The third-order valence-corrected chi connectivity index (χ3v) is 3.72. The fourth-order valence-electron chi connectivity index (χ4n) is 2.93. The van der Waals surface area contributed by atoms with Crippen molar-refractivity contribution in [2.45, 2.75) is 31.4 Å². The summed E-state index contributed by atoms with van der Waals surface area (Å²) >= 11 is 0. The summed E-state index contributed by atoms with van der Waals surface area (Å²) in [5.74, 6) is 0. The average molecular weight is 232 g/mol. The van der Waals surface area contributed by atoms with Crippen molar-refractivity contribution in [3.8, 4) is 0 Å². The van der Waals surface area contributed by atoms with Gasteiger partial charge < -0.3 is 15.4 Å². The van der Waals surface area contributed by atoms with Gasteiger partial charge in [0.05, 0.1) is 6.10 Å². The van der Waals surface area contributed by atoms with Crippen molar-refractivity contribution in [3.05, 3.63) is 29.8 Å². The Morgan fingerprint density at radius 3 is 3.06 bits per heavy atom. The van der Waals surface area contributed by atoms with Crippen molar-refractivity contribution >= 4 is 5.69 Å². The Balaban J connectivity index is 1.79. The van der Waals surface area contributed by atoms with Crippen LogP contribution >= 0.6 is 0 Å². The maximum Gasteiger partial charge on any atom is 0.0750 e. The molecule has 2 aliphatic heterocycles. The van der Waals surface area contributed by atoms with Gasteiger partial charge in [0.25, 0.3) is 0 Å². The number of ether oxygens (including phenoxy) is 1. The van der Waals surface area contributed by atoms with Gasteiger partial charge in [0, 0.05) is 31.4 Å². The van der Waals surface area contributed by atoms with E-state index >= 15 is 0 Å². The minimum atomic E-state index is 0.256. The summed E-state index contributed by atoms with van der Waals surface area (Å²) < 4.78 is 5.72. The molecule has 2 N–H and O–H groups in total. The van der Waals surface area contributed by atoms with Crippen molar-refractivity contribution < 1.29 is 4.74 Å². The molecule has 1 saturated heterocycles. The number of nitrogens with two attached hydrogens (primary N) is 1. The van der Waals surface area contributed by atoms with Crippen LogP contribution in [0, 0.1) is 0 Å². The van der Waals surface area contributed by atoms with Crippen molar-refractivity contribution in [1.29, 1.82) is 0 Å². The van der Waals surface area contributed by atoms with Crippen LogP contribution in [0.5, 0.6) is 0 Å². The Morgan fingerprint density at radius 2 is 2.24 bits per heavy atom. The zero-order valence-electron chi connectivity index (χ0n) is 10.1. The van der Waals surface area contributed by atoms with Gasteiger partial charge in [-0.05, 0) is 30.9 Å². The molecule has 2 atom stereocenters. The van der Waals surface area contributed by atoms with E-state index in [1.807, 2.05) is 0 Å². The van der Waals surface area contributed by atoms with Crippen LogP contribution in [0.2, 0.25) is 0 Å². The second-order valence-electron chi connectivity index (χ2n) is 5.13. The zero-order chi connectivity index (χ0) is 11.7. The minimum absolute atomic E-state index is 0.256. The summed E-state index contributed by atoms with van der Waals surface area (Å²) in [6.07, 6.45) is 3.78. The first-order valence-corrected chi connectivity index (χ1v) is 6.53. The second-order valence-corrected chi connectivity index (χ2v) is 5.13. The Morgan fingerprint density at radius 1 is 1.35 bits per heavy atom. The summed E-state index contributed by atoms with van der Waals surface area (Å²) in [5, 5.41) is 0. The van der Waals surface area contributed by atoms with E-state index in [1.54, 1.807) is 0 Å². The SMILES string of the molecule is NC1Cc2ccccc2N(CC2CCCO2)C1. The molecule has 2 aliphatic rings. The van der Waals surface area contributed by atoms with E-state index in [0.29, 0.717) is 6.10 Å². The minimum Gasteiger partial charge on any atom is -0.376 e. The third-order valence-electron chi connectivity index (χ3n) is 3.72. The van der Waals surface area contributed by atoms with Gasteiger partial charge >= 0.3 is 0 Å². The number of para-hydroxylation sites is 1. The lowest BCUT2D eigenvalue weighted by Crippen LogP contribution is -2.46. The van der Waals surface area contributed by atoms with Crippen LogP contribution in [-0.2, 0) is 11.2 Å². The van der Waals surface area contributed by atoms with E-state index in [1.165, 1.54) is 24.1 Å². The summed E-state index contributed by atoms with van der Waals surface area (Å²) in [6, 6.07) is 8.86. The van der Waals surface area contributed by atoms with E-state index in [0.717, 1.165) is 26.1 Å². The lowest BCUT2D eigenvalue weighted by atomic mass is 9.98. The van der Waals surface area contributed by atoms with Crippen LogP contribution in [0.1, 0.15) is 18.4 Å². The van der Waals surface area contributed by atoms with Gasteiger partial charge in [-0.2, -0.15) is 0 Å². The molecule has 92 valence electrons. The molecule has 2 heterocycles. The molecule has 0 bridgehead atoms. The third kappa shape index (κ3) is 2.31. The summed E-state index contributed by atoms with van der Waals surface area (Å²) in [6.45, 7) is 2.87. The second kappa shape index (κ2) is 4.67. The van der Waals surface area contributed by atoms with Crippen LogP contribution in [0.15, 0.2) is 24.3 Å². The molecule has 0 saturated carbocycles. The van der Waals surface area contributed by atoms with E-state index in [-0.39, 0.29) is 6.04 Å². The number of benzene rings is 1. The van der Waals surface area contributed by atoms with E-state index in [4.69, 9.17) is 10.5 Å². The molecule has 1 fully saturated rings. The van der Waals surface area contributed by atoms with Gasteiger partial charge in [0.1, 0.15) is 0 Å². The molecule has 3 heteroatoms. The molecule has 0 amide bonds. The summed E-state index contributed by atoms with van der Waals surface area (Å²) in [5.41, 5.74) is 8.86. The molecule has 1 aromatic carbocycles. The molecule has 17 heavy (non-hydrogen) atoms. The van der Waals surface area contributed by atoms with Crippen LogP contribution in [0.25, 0.3) is 0 Å². The molecule has 2 unspecified atom stereocenters. The Bertz CT molecular complexity index is 388. The van der Waals surface area contributed by atoms with Crippen LogP contribution in [0.3, 0.4) is 0 Å². The van der Waals surface area contributed by atoms with Gasteiger partial charge in [-0.15, -0.1) is 0 Å². The van der Waals surface area contributed by atoms with Crippen molar-refractivity contribution in [2.24, 2.45) is 5.73 Å². The number of anilines is 1. The standard InChI is InChI=1S/C14H20N2O/c15-12-8-11-4-1-2-6-14(11)16(9-12)10-13-5-3-7-17-13/h1-2,4,6,12-13H,3,5,7-10,15H2. The molecule has 0 spiro atoms. The van der Waals surface area contributed by atoms with Crippen LogP contribution < -0.4 is 10.6 Å². The lowest BCUT2D eigenvalue weighted by molar-refractivity contribution is 0.115. The van der Waals surface area contributed by atoms with Gasteiger partial charge in [-0.1, -0.05) is 18.2 Å². The normalized spacial score (nSPS) is 28.2. The van der Waals surface area contributed by atoms with E-state index < -0.39 is 0 Å². The Kier molecular flexibility index (Phi) is 3.04. The first-order valence-electron chi connectivity index (χ1n) is 6.53. The van der Waals surface area contributed by atoms with Gasteiger partial charge in [0.15, 0.2) is 0 Å². The number of hydrogen-bond donors (Lipinski definition) is 1. The topological polar surface area (TPSA) is 38.5 Å². The van der Waals surface area contributed by atoms with Crippen LogP contribution in [0.4, 0.5) is 5.69 Å². The predicted octanol–water partition coefficient (Wildman–Crippen LogP) is 1.56. The molecular formula is C14H20N2O. The molecule has 3 nitrogen and oxygen atoms in total. The first kappa shape index (κ1) is 11.1. The fraction of sp³-hybridized carbons (Fsp3) is 0.571. The number of nitrogens with zero attached hydrogens (tertiary/aromatic N) is 1. The van der Waals surface area contributed by atoms with E-state index in [9.17, 15) is 0 Å². The monoisotopic (exact) mass is 232 g/mol. The summed E-state index contributed by atoms with van der Waals surface area (Å²) in [7, 11) is 0. The van der Waals surface area contributed by atoms with Crippen molar-refractivity contribution in [1.82, 2.24) is 0 Å². The number of fused-ring (bicyclic) bond motifs is 1. The molecule has 0 aliphatic carbocycles. The quantitative estimate of drug-likeness (QED) is 0.841. The highest BCUT2D eigenvalue weighted by Crippen LogP contribution is 2.27. The number of hydrogen-bond acceptors (Lipinski definition) is 3.